The monoisotopic (exact) mass is 1650 g/mol. The van der Waals surface area contributed by atoms with E-state index in [9.17, 15) is 42.7 Å². The van der Waals surface area contributed by atoms with Gasteiger partial charge in [-0.05, 0) is 128 Å². The van der Waals surface area contributed by atoms with Crippen molar-refractivity contribution in [3.05, 3.63) is 140 Å². The molecule has 26 nitrogen and oxygen atoms in total. The number of nitrogens with zero attached hydrogens (tertiary/aromatic N) is 10. The first-order valence-electron chi connectivity index (χ1n) is 40.2. The van der Waals surface area contributed by atoms with E-state index in [1.54, 1.807) is 51.9 Å². The van der Waals surface area contributed by atoms with Crippen LogP contribution in [-0.4, -0.2) is 148 Å². The average molecular weight is 1650 g/mol. The summed E-state index contributed by atoms with van der Waals surface area (Å²) < 4.78 is 23.0. The Kier molecular flexibility index (Phi) is 30.0. The summed E-state index contributed by atoms with van der Waals surface area (Å²) in [5, 5.41) is 25.7. The van der Waals surface area contributed by atoms with Crippen LogP contribution in [0.4, 0.5) is 4.39 Å². The summed E-state index contributed by atoms with van der Waals surface area (Å²) in [6.45, 7) is 30.7. The summed E-state index contributed by atoms with van der Waals surface area (Å²) in [5.74, 6) is -0.0864. The molecule has 12 rings (SSSR count). The number of pyridine rings is 1. The molecule has 0 saturated carbocycles. The maximum absolute atomic E-state index is 14.6. The zero-order chi connectivity index (χ0) is 84.9. The van der Waals surface area contributed by atoms with Crippen molar-refractivity contribution >= 4 is 81.8 Å². The third kappa shape index (κ3) is 21.9. The summed E-state index contributed by atoms with van der Waals surface area (Å²) in [6, 6.07) is 13.6. The number of hydrogen-bond donors (Lipinski definition) is 8. The van der Waals surface area contributed by atoms with Crippen molar-refractivity contribution in [2.45, 2.75) is 244 Å². The van der Waals surface area contributed by atoms with E-state index < -0.39 is 57.6 Å². The Bertz CT molecular complexity index is 4820. The van der Waals surface area contributed by atoms with Crippen LogP contribution in [0.25, 0.3) is 45.0 Å². The Morgan fingerprint density at radius 2 is 0.828 bits per heavy atom. The smallest absolute Gasteiger partial charge is 0.272 e. The van der Waals surface area contributed by atoms with Gasteiger partial charge in [0.15, 0.2) is 10.8 Å². The van der Waals surface area contributed by atoms with Crippen LogP contribution < -0.4 is 42.5 Å². The number of imidazole rings is 4. The lowest BCUT2D eigenvalue weighted by Gasteiger charge is -2.29. The van der Waals surface area contributed by atoms with Crippen LogP contribution in [0.15, 0.2) is 78.6 Å². The Morgan fingerprint density at radius 1 is 0.448 bits per heavy atom. The lowest BCUT2D eigenvalue weighted by atomic mass is 9.84. The van der Waals surface area contributed by atoms with E-state index in [-0.39, 0.29) is 52.5 Å². The van der Waals surface area contributed by atoms with E-state index in [0.717, 1.165) is 160 Å². The van der Waals surface area contributed by atoms with Crippen molar-refractivity contribution in [2.75, 3.05) is 28.2 Å². The molecular weight excluding hydrogens is 1540 g/mol. The predicted octanol–water partition coefficient (Wildman–Crippen LogP) is 13.6. The third-order valence-corrected chi connectivity index (χ3v) is 22.8. The molecule has 626 valence electrons. The van der Waals surface area contributed by atoms with E-state index in [1.807, 2.05) is 129 Å². The van der Waals surface area contributed by atoms with Gasteiger partial charge in [0, 0.05) is 94.5 Å². The SMILES string of the molecule is CNC(=O)[C@@H](NC(=O)c1nc(-c2ccc(Cl)cc2F)n2c1CCCCC2)C(C)(C)C.CNC(=O)[C@@H](NC(=O)c1nc(-c2ccccc2)n2c1CCC(C)(C)CC2)C(C)(C)C.CNC(=O)[C@@H](NC(=O)c1nc(-c2ccncc2Cl)n2c1CCCCC2)C(C)(C)C.CNC(=O)[C@@H](NC(=O)c1nc(-c2nccs2)n2c1CCCCC2)C(C)(C)C. The highest BCUT2D eigenvalue weighted by Crippen LogP contribution is 2.38. The number of likely N-dealkylation sites (N-methyl/N-ethyl adjacent to an activating group) is 4. The molecule has 0 spiro atoms. The second kappa shape index (κ2) is 38.6. The Balaban J connectivity index is 0.000000177. The van der Waals surface area contributed by atoms with Gasteiger partial charge >= 0.3 is 0 Å². The molecule has 10 heterocycles. The maximum atomic E-state index is 14.6. The summed E-state index contributed by atoms with van der Waals surface area (Å²) in [5.41, 5.74) is 5.54. The van der Waals surface area contributed by atoms with E-state index in [4.69, 9.17) is 33.2 Å². The molecule has 4 aliphatic heterocycles. The van der Waals surface area contributed by atoms with Crippen molar-refractivity contribution in [3.8, 4) is 45.0 Å². The molecule has 0 aliphatic carbocycles. The molecule has 0 saturated heterocycles. The fourth-order valence-electron chi connectivity index (χ4n) is 14.9. The quantitative estimate of drug-likeness (QED) is 0.0446. The fourth-order valence-corrected chi connectivity index (χ4v) is 15.9. The lowest BCUT2D eigenvalue weighted by molar-refractivity contribution is -0.125. The van der Waals surface area contributed by atoms with Gasteiger partial charge in [-0.3, -0.25) is 43.3 Å². The minimum Gasteiger partial charge on any atom is -0.357 e. The van der Waals surface area contributed by atoms with Crippen molar-refractivity contribution in [1.29, 1.82) is 0 Å². The highest BCUT2D eigenvalue weighted by Gasteiger charge is 2.40. The number of fused-ring (bicyclic) bond motifs is 4. The van der Waals surface area contributed by atoms with Crippen LogP contribution in [-0.2, 0) is 71.0 Å². The van der Waals surface area contributed by atoms with Crippen molar-refractivity contribution in [2.24, 2.45) is 27.1 Å². The largest absolute Gasteiger partial charge is 0.357 e. The number of halogens is 3. The molecule has 0 unspecified atom stereocenters. The zero-order valence-electron chi connectivity index (χ0n) is 70.5. The molecule has 6 aromatic heterocycles. The van der Waals surface area contributed by atoms with Gasteiger partial charge in [-0.2, -0.15) is 0 Å². The van der Waals surface area contributed by atoms with Crippen LogP contribution in [0, 0.1) is 32.9 Å². The van der Waals surface area contributed by atoms with E-state index in [2.05, 4.69) is 90.0 Å². The van der Waals surface area contributed by atoms with Crippen LogP contribution in [0.3, 0.4) is 0 Å². The summed E-state index contributed by atoms with van der Waals surface area (Å²) in [4.78, 5) is 129. The average Bonchev–Trinajstić information content (AvgIpc) is 1.64. The van der Waals surface area contributed by atoms with Gasteiger partial charge in [0.1, 0.15) is 70.2 Å². The van der Waals surface area contributed by atoms with Crippen molar-refractivity contribution < 1.29 is 42.7 Å². The molecule has 0 radical (unpaired) electrons. The number of benzene rings is 2. The number of carbonyl (C=O) groups excluding carboxylic acids is 8. The number of hydrogen-bond acceptors (Lipinski definition) is 15. The highest BCUT2D eigenvalue weighted by atomic mass is 35.5. The van der Waals surface area contributed by atoms with E-state index in [0.29, 0.717) is 57.3 Å². The summed E-state index contributed by atoms with van der Waals surface area (Å²) >= 11 is 13.8. The molecule has 2 aromatic carbocycles. The van der Waals surface area contributed by atoms with Crippen molar-refractivity contribution in [1.82, 2.24) is 90.7 Å². The molecule has 30 heteroatoms. The predicted molar refractivity (Wildman–Crippen MR) is 453 cm³/mol. The second-order valence-corrected chi connectivity index (χ2v) is 36.8. The van der Waals surface area contributed by atoms with E-state index in [1.165, 1.54) is 24.5 Å². The van der Waals surface area contributed by atoms with Gasteiger partial charge in [0.2, 0.25) is 23.6 Å². The van der Waals surface area contributed by atoms with Crippen LogP contribution in [0.2, 0.25) is 10.0 Å². The Hall–Kier alpha value is -9.67. The number of nitrogens with one attached hydrogen (secondary N) is 8. The van der Waals surface area contributed by atoms with Crippen molar-refractivity contribution in [3.63, 3.8) is 0 Å². The summed E-state index contributed by atoms with van der Waals surface area (Å²) in [7, 11) is 6.28. The van der Waals surface area contributed by atoms with Crippen LogP contribution in [0.1, 0.15) is 232 Å². The first-order valence-corrected chi connectivity index (χ1v) is 41.8. The topological polar surface area (TPSA) is 330 Å². The molecule has 0 bridgehead atoms. The highest BCUT2D eigenvalue weighted by molar-refractivity contribution is 7.13. The number of thiazole rings is 1. The number of amides is 8. The van der Waals surface area contributed by atoms with Gasteiger partial charge in [0.05, 0.1) is 33.4 Å². The number of aromatic nitrogens is 10. The molecule has 8 amide bonds. The number of rotatable bonds is 16. The third-order valence-electron chi connectivity index (χ3n) is 21.5. The molecule has 116 heavy (non-hydrogen) atoms. The maximum Gasteiger partial charge on any atom is 0.272 e. The standard InChI is InChI=1S/C24H34N4O2.C22H28ClFN4O2.C21H28ClN5O2.C19H27N5O2S/c1-23(2,3)19(22(30)25-6)27-21(29)18-17-12-13-24(4,5)14-15-28(17)20(26-18)16-10-8-7-9-11-16;1-22(2,3)18(21(30)25-4)27-20(29)17-16-8-6-5-7-11-28(16)19(26-17)14-10-9-13(23)12-15(14)24;1-21(2,3)17(20(29)23-4)26-19(28)16-15-8-6-5-7-11-27(15)18(25-16)13-9-10-24-12-14(13)22;1-19(2,3)14(17(26)20-4)23-16(25)13-12-8-6-5-7-10-24(12)15(22-13)18-21-9-11-27-18/h7-11,19H,12-15H2,1-6H3,(H,25,30)(H,27,29);9-10,12,18H,5-8,11H2,1-4H3,(H,25,30)(H,27,29);9-10,12,17H,5-8,11H2,1-4H3,(H,23,29)(H,26,28);9,11,14H,5-8,10H2,1-4H3,(H,20,26)(H,23,25)/t19-;18-;17-;14-/m1111/s1. The van der Waals surface area contributed by atoms with Crippen LogP contribution in [0.5, 0.6) is 0 Å². The lowest BCUT2D eigenvalue weighted by Crippen LogP contribution is -2.53. The van der Waals surface area contributed by atoms with Gasteiger partial charge in [0.25, 0.3) is 23.6 Å². The molecule has 4 aliphatic rings. The zero-order valence-corrected chi connectivity index (χ0v) is 72.9. The first-order chi connectivity index (χ1) is 54.7. The van der Waals surface area contributed by atoms with E-state index >= 15 is 0 Å². The molecule has 4 atom stereocenters. The Labute approximate surface area is 695 Å². The first kappa shape index (κ1) is 90.2. The summed E-state index contributed by atoms with van der Waals surface area (Å²) in [6.07, 6.45) is 19.2. The fraction of sp³-hybridized carbons (Fsp3) is 0.535. The minimum absolute atomic E-state index is 0.203. The van der Waals surface area contributed by atoms with Gasteiger partial charge in [-0.15, -0.1) is 11.3 Å². The minimum atomic E-state index is -0.728. The molecular formula is C86H117Cl2FN18O8S. The van der Waals surface area contributed by atoms with Gasteiger partial charge < -0.3 is 60.8 Å². The Morgan fingerprint density at radius 3 is 1.21 bits per heavy atom. The normalized spacial score (nSPS) is 15.7. The van der Waals surface area contributed by atoms with Gasteiger partial charge in [-0.25, -0.2) is 29.3 Å². The van der Waals surface area contributed by atoms with Crippen LogP contribution >= 0.6 is 34.5 Å². The molecule has 0 fully saturated rings. The second-order valence-electron chi connectivity index (χ2n) is 35.1. The number of carbonyl (C=O) groups is 8. The molecule has 8 aromatic rings. The van der Waals surface area contributed by atoms with Gasteiger partial charge in [-0.1, -0.05) is 170 Å². The molecule has 8 N–H and O–H groups in total.